The van der Waals surface area contributed by atoms with E-state index in [1.54, 1.807) is 0 Å². The molecule has 1 aromatic rings. The van der Waals surface area contributed by atoms with E-state index in [1.165, 1.54) is 0 Å². The summed E-state index contributed by atoms with van der Waals surface area (Å²) in [6.07, 6.45) is 2.21. The predicted octanol–water partition coefficient (Wildman–Crippen LogP) is 1.57. The number of hydrogen-bond donors (Lipinski definition) is 3. The lowest BCUT2D eigenvalue weighted by molar-refractivity contribution is -0.137. The lowest BCUT2D eigenvalue weighted by Gasteiger charge is -2.18. The van der Waals surface area contributed by atoms with Crippen molar-refractivity contribution in [3.8, 4) is 11.5 Å². The maximum Gasteiger partial charge on any atom is 0.315 e. The van der Waals surface area contributed by atoms with Gasteiger partial charge in [-0.05, 0) is 37.0 Å². The van der Waals surface area contributed by atoms with E-state index in [0.29, 0.717) is 18.7 Å². The number of carbonyl (C=O) groups is 2. The highest BCUT2D eigenvalue weighted by Crippen LogP contribution is 2.48. The minimum Gasteiger partial charge on any atom is -0.481 e. The SMILES string of the molecule is O=C(O)CCCNC(=O)NC1(c2ccc3c(c2)OCO3)CC1. The van der Waals surface area contributed by atoms with E-state index in [9.17, 15) is 9.59 Å². The van der Waals surface area contributed by atoms with Crippen LogP contribution in [0.3, 0.4) is 0 Å². The third kappa shape index (κ3) is 3.08. The summed E-state index contributed by atoms with van der Waals surface area (Å²) < 4.78 is 10.6. The van der Waals surface area contributed by atoms with Crippen molar-refractivity contribution in [2.75, 3.05) is 13.3 Å². The number of aliphatic carboxylic acids is 1. The Bertz CT molecular complexity index is 598. The van der Waals surface area contributed by atoms with Gasteiger partial charge in [0.1, 0.15) is 0 Å². The number of carboxylic acids is 1. The summed E-state index contributed by atoms with van der Waals surface area (Å²) in [6, 6.07) is 5.41. The molecule has 2 aliphatic rings. The van der Waals surface area contributed by atoms with E-state index in [2.05, 4.69) is 10.6 Å². The van der Waals surface area contributed by atoms with E-state index in [-0.39, 0.29) is 24.8 Å². The van der Waals surface area contributed by atoms with Gasteiger partial charge < -0.3 is 25.2 Å². The minimum absolute atomic E-state index is 0.0492. The van der Waals surface area contributed by atoms with Gasteiger partial charge in [-0.1, -0.05) is 6.07 Å². The van der Waals surface area contributed by atoms with E-state index < -0.39 is 5.97 Å². The Morgan fingerprint density at radius 3 is 2.73 bits per heavy atom. The molecule has 7 heteroatoms. The van der Waals surface area contributed by atoms with Crippen LogP contribution in [-0.2, 0) is 10.3 Å². The van der Waals surface area contributed by atoms with Crippen LogP contribution >= 0.6 is 0 Å². The molecule has 0 radical (unpaired) electrons. The molecule has 1 aliphatic heterocycles. The first-order chi connectivity index (χ1) is 10.6. The standard InChI is InChI=1S/C15H18N2O5/c18-13(19)2-1-7-16-14(20)17-15(5-6-15)10-3-4-11-12(8-10)22-9-21-11/h3-4,8H,1-2,5-7,9H2,(H,18,19)(H2,16,17,20). The summed E-state index contributed by atoms with van der Waals surface area (Å²) in [5.74, 6) is 0.561. The third-order valence-corrected chi connectivity index (χ3v) is 3.88. The average Bonchev–Trinajstić information content (AvgIpc) is 3.10. The summed E-state index contributed by atoms with van der Waals surface area (Å²) in [5, 5.41) is 14.2. The van der Waals surface area contributed by atoms with Gasteiger partial charge in [-0.15, -0.1) is 0 Å². The Balaban J connectivity index is 1.55. The maximum absolute atomic E-state index is 11.9. The van der Waals surface area contributed by atoms with Crippen LogP contribution in [0, 0.1) is 0 Å². The molecule has 118 valence electrons. The predicted molar refractivity (Wildman–Crippen MR) is 76.9 cm³/mol. The molecule has 1 aliphatic carbocycles. The first-order valence-electron chi connectivity index (χ1n) is 7.27. The van der Waals surface area contributed by atoms with Crippen molar-refractivity contribution in [1.82, 2.24) is 10.6 Å². The van der Waals surface area contributed by atoms with Gasteiger partial charge in [0.25, 0.3) is 0 Å². The zero-order valence-electron chi connectivity index (χ0n) is 12.1. The highest BCUT2D eigenvalue weighted by atomic mass is 16.7. The number of ether oxygens (including phenoxy) is 2. The Morgan fingerprint density at radius 1 is 1.23 bits per heavy atom. The Labute approximate surface area is 127 Å². The van der Waals surface area contributed by atoms with E-state index in [0.717, 1.165) is 24.2 Å². The number of amides is 2. The van der Waals surface area contributed by atoms with Gasteiger partial charge in [-0.3, -0.25) is 4.79 Å². The molecule has 0 saturated heterocycles. The van der Waals surface area contributed by atoms with Gasteiger partial charge in [0.15, 0.2) is 11.5 Å². The largest absolute Gasteiger partial charge is 0.481 e. The summed E-state index contributed by atoms with van der Waals surface area (Å²) >= 11 is 0. The van der Waals surface area contributed by atoms with Gasteiger partial charge in [-0.25, -0.2) is 4.79 Å². The van der Waals surface area contributed by atoms with Crippen LogP contribution in [0.2, 0.25) is 0 Å². The Hall–Kier alpha value is -2.44. The van der Waals surface area contributed by atoms with Gasteiger partial charge in [0, 0.05) is 13.0 Å². The molecule has 0 aromatic heterocycles. The third-order valence-electron chi connectivity index (χ3n) is 3.88. The van der Waals surface area contributed by atoms with Crippen molar-refractivity contribution in [2.24, 2.45) is 0 Å². The number of rotatable bonds is 6. The van der Waals surface area contributed by atoms with Crippen LogP contribution in [0.4, 0.5) is 4.79 Å². The first kappa shape index (κ1) is 14.5. The fourth-order valence-electron chi connectivity index (χ4n) is 2.51. The number of nitrogens with one attached hydrogen (secondary N) is 2. The second kappa shape index (κ2) is 5.75. The molecular weight excluding hydrogens is 288 g/mol. The molecule has 3 N–H and O–H groups in total. The highest BCUT2D eigenvalue weighted by molar-refractivity contribution is 5.76. The molecule has 7 nitrogen and oxygen atoms in total. The topological polar surface area (TPSA) is 96.9 Å². The number of fused-ring (bicyclic) bond motifs is 1. The zero-order chi connectivity index (χ0) is 15.6. The number of carbonyl (C=O) groups excluding carboxylic acids is 1. The zero-order valence-corrected chi connectivity index (χ0v) is 12.1. The van der Waals surface area contributed by atoms with Gasteiger partial charge in [-0.2, -0.15) is 0 Å². The highest BCUT2D eigenvalue weighted by Gasteiger charge is 2.46. The molecule has 3 rings (SSSR count). The summed E-state index contributed by atoms with van der Waals surface area (Å²) in [7, 11) is 0. The van der Waals surface area contributed by atoms with Crippen molar-refractivity contribution in [1.29, 1.82) is 0 Å². The average molecular weight is 306 g/mol. The van der Waals surface area contributed by atoms with Crippen molar-refractivity contribution < 1.29 is 24.2 Å². The first-order valence-corrected chi connectivity index (χ1v) is 7.27. The van der Waals surface area contributed by atoms with Crippen LogP contribution in [0.5, 0.6) is 11.5 Å². The molecule has 0 unspecified atom stereocenters. The van der Waals surface area contributed by atoms with Gasteiger partial charge in [0.05, 0.1) is 5.54 Å². The molecule has 0 atom stereocenters. The van der Waals surface area contributed by atoms with E-state index in [4.69, 9.17) is 14.6 Å². The van der Waals surface area contributed by atoms with E-state index >= 15 is 0 Å². The molecule has 2 amide bonds. The van der Waals surface area contributed by atoms with Crippen molar-refractivity contribution in [2.45, 2.75) is 31.2 Å². The number of carboxylic acid groups (broad SMARTS) is 1. The Kier molecular flexibility index (Phi) is 3.79. The number of benzene rings is 1. The number of urea groups is 1. The van der Waals surface area contributed by atoms with Gasteiger partial charge in [0.2, 0.25) is 6.79 Å². The van der Waals surface area contributed by atoms with Gasteiger partial charge >= 0.3 is 12.0 Å². The molecule has 0 spiro atoms. The maximum atomic E-state index is 11.9. The van der Waals surface area contributed by atoms with Crippen LogP contribution < -0.4 is 20.1 Å². The molecule has 1 aromatic carbocycles. The summed E-state index contributed by atoms with van der Waals surface area (Å²) in [5.41, 5.74) is 0.648. The number of hydrogen-bond acceptors (Lipinski definition) is 4. The minimum atomic E-state index is -0.860. The van der Waals surface area contributed by atoms with Crippen LogP contribution in [-0.4, -0.2) is 30.4 Å². The van der Waals surface area contributed by atoms with Crippen LogP contribution in [0.25, 0.3) is 0 Å². The molecule has 1 saturated carbocycles. The second-order valence-electron chi connectivity index (χ2n) is 5.53. The van der Waals surface area contributed by atoms with Crippen LogP contribution in [0.15, 0.2) is 18.2 Å². The van der Waals surface area contributed by atoms with Crippen molar-refractivity contribution in [3.63, 3.8) is 0 Å². The quantitative estimate of drug-likeness (QED) is 0.693. The molecule has 22 heavy (non-hydrogen) atoms. The van der Waals surface area contributed by atoms with E-state index in [1.807, 2.05) is 18.2 Å². The van der Waals surface area contributed by atoms with Crippen molar-refractivity contribution in [3.05, 3.63) is 23.8 Å². The fraction of sp³-hybridized carbons (Fsp3) is 0.467. The molecule has 1 heterocycles. The summed E-state index contributed by atoms with van der Waals surface area (Å²) in [4.78, 5) is 22.3. The molecule has 1 fully saturated rings. The molecular formula is C15H18N2O5. The van der Waals surface area contributed by atoms with Crippen LogP contribution in [0.1, 0.15) is 31.2 Å². The Morgan fingerprint density at radius 2 is 2.00 bits per heavy atom. The summed E-state index contributed by atoms with van der Waals surface area (Å²) in [6.45, 7) is 0.568. The fourth-order valence-corrected chi connectivity index (χ4v) is 2.51. The molecule has 0 bridgehead atoms. The monoisotopic (exact) mass is 306 g/mol. The second-order valence-corrected chi connectivity index (χ2v) is 5.53. The lowest BCUT2D eigenvalue weighted by Crippen LogP contribution is -2.42. The normalized spacial score (nSPS) is 16.9. The van der Waals surface area contributed by atoms with Crippen molar-refractivity contribution >= 4 is 12.0 Å². The smallest absolute Gasteiger partial charge is 0.315 e. The lowest BCUT2D eigenvalue weighted by atomic mass is 10.0.